The summed E-state index contributed by atoms with van der Waals surface area (Å²) in [7, 11) is 0. The van der Waals surface area contributed by atoms with Crippen molar-refractivity contribution >= 4 is 11.6 Å². The quantitative estimate of drug-likeness (QED) is 0.772. The van der Waals surface area contributed by atoms with Crippen LogP contribution in [0.2, 0.25) is 0 Å². The highest BCUT2D eigenvalue weighted by atomic mass is 19.1. The van der Waals surface area contributed by atoms with E-state index in [-0.39, 0.29) is 17.4 Å². The zero-order valence-corrected chi connectivity index (χ0v) is 11.0. The lowest BCUT2D eigenvalue weighted by atomic mass is 10.1. The summed E-state index contributed by atoms with van der Waals surface area (Å²) in [4.78, 5) is 12.1. The van der Waals surface area contributed by atoms with Gasteiger partial charge in [0.2, 0.25) is 0 Å². The Bertz CT molecular complexity index is 768. The van der Waals surface area contributed by atoms with E-state index in [1.165, 1.54) is 12.1 Å². The van der Waals surface area contributed by atoms with Crippen LogP contribution in [0.1, 0.15) is 10.5 Å². The van der Waals surface area contributed by atoms with E-state index in [2.05, 4.69) is 15.5 Å². The molecule has 0 fully saturated rings. The molecule has 0 aliphatic rings. The number of aromatic nitrogens is 2. The summed E-state index contributed by atoms with van der Waals surface area (Å²) in [5.74, 6) is -0.699. The fourth-order valence-corrected chi connectivity index (χ4v) is 1.96. The number of rotatable bonds is 3. The number of para-hydroxylation sites is 1. The van der Waals surface area contributed by atoms with E-state index in [1.54, 1.807) is 30.3 Å². The second-order valence-corrected chi connectivity index (χ2v) is 4.47. The lowest BCUT2D eigenvalue weighted by Crippen LogP contribution is -2.12. The number of hydrogen-bond acceptors (Lipinski definition) is 2. The normalized spacial score (nSPS) is 10.3. The van der Waals surface area contributed by atoms with Crippen LogP contribution in [0.25, 0.3) is 11.3 Å². The van der Waals surface area contributed by atoms with Crippen molar-refractivity contribution in [2.75, 3.05) is 5.32 Å². The van der Waals surface area contributed by atoms with Crippen LogP contribution in [0.15, 0.2) is 60.7 Å². The topological polar surface area (TPSA) is 57.8 Å². The van der Waals surface area contributed by atoms with Crippen molar-refractivity contribution < 1.29 is 9.18 Å². The number of hydrogen-bond donors (Lipinski definition) is 2. The van der Waals surface area contributed by atoms with Crippen molar-refractivity contribution in [3.63, 3.8) is 0 Å². The van der Waals surface area contributed by atoms with E-state index in [9.17, 15) is 9.18 Å². The van der Waals surface area contributed by atoms with Crippen LogP contribution in [-0.2, 0) is 0 Å². The minimum atomic E-state index is -0.376. The maximum absolute atomic E-state index is 13.7. The first-order valence-corrected chi connectivity index (χ1v) is 6.41. The van der Waals surface area contributed by atoms with Gasteiger partial charge in [0.1, 0.15) is 11.5 Å². The lowest BCUT2D eigenvalue weighted by Gasteiger charge is -2.01. The van der Waals surface area contributed by atoms with Crippen molar-refractivity contribution in [3.8, 4) is 11.3 Å². The Kier molecular flexibility index (Phi) is 3.47. The molecule has 3 aromatic rings. The number of carbonyl (C=O) groups excluding carboxylic acids is 1. The first-order valence-electron chi connectivity index (χ1n) is 6.41. The van der Waals surface area contributed by atoms with Crippen molar-refractivity contribution in [2.24, 2.45) is 0 Å². The zero-order valence-electron chi connectivity index (χ0n) is 11.0. The molecular formula is C16H12FN3O. The van der Waals surface area contributed by atoms with Gasteiger partial charge in [-0.3, -0.25) is 9.89 Å². The molecule has 0 unspecified atom stereocenters. The van der Waals surface area contributed by atoms with Gasteiger partial charge in [-0.2, -0.15) is 5.10 Å². The van der Waals surface area contributed by atoms with Crippen molar-refractivity contribution in [1.29, 1.82) is 0 Å². The number of H-pyrrole nitrogens is 1. The molecular weight excluding hydrogens is 269 g/mol. The fourth-order valence-electron chi connectivity index (χ4n) is 1.96. The first kappa shape index (κ1) is 13.1. The van der Waals surface area contributed by atoms with Crippen LogP contribution in [-0.4, -0.2) is 16.1 Å². The smallest absolute Gasteiger partial charge is 0.273 e. The average molecular weight is 281 g/mol. The highest BCUT2D eigenvalue weighted by molar-refractivity contribution is 6.03. The van der Waals surface area contributed by atoms with Crippen molar-refractivity contribution in [2.45, 2.75) is 0 Å². The molecule has 4 nitrogen and oxygen atoms in total. The molecule has 104 valence electrons. The molecule has 2 aromatic carbocycles. The summed E-state index contributed by atoms with van der Waals surface area (Å²) in [6, 6.07) is 16.9. The maximum Gasteiger partial charge on any atom is 0.273 e. The third kappa shape index (κ3) is 2.81. The molecule has 0 spiro atoms. The molecule has 0 saturated heterocycles. The van der Waals surface area contributed by atoms with Gasteiger partial charge in [-0.15, -0.1) is 0 Å². The predicted molar refractivity (Wildman–Crippen MR) is 78.4 cm³/mol. The average Bonchev–Trinajstić information content (AvgIpc) is 2.98. The van der Waals surface area contributed by atoms with Gasteiger partial charge >= 0.3 is 0 Å². The van der Waals surface area contributed by atoms with Crippen LogP contribution in [0, 0.1) is 5.82 Å². The molecule has 1 heterocycles. The summed E-state index contributed by atoms with van der Waals surface area (Å²) < 4.78 is 13.7. The number of nitrogens with zero attached hydrogens (tertiary/aromatic N) is 1. The number of anilines is 1. The molecule has 0 bridgehead atoms. The Morgan fingerprint density at radius 3 is 2.52 bits per heavy atom. The highest BCUT2D eigenvalue weighted by Gasteiger charge is 2.13. The minimum absolute atomic E-state index is 0.275. The third-order valence-electron chi connectivity index (χ3n) is 3.00. The molecule has 3 rings (SSSR count). The number of carbonyl (C=O) groups is 1. The Morgan fingerprint density at radius 2 is 1.76 bits per heavy atom. The number of amides is 1. The molecule has 1 amide bonds. The van der Waals surface area contributed by atoms with Crippen molar-refractivity contribution in [3.05, 3.63) is 72.2 Å². The van der Waals surface area contributed by atoms with Crippen molar-refractivity contribution in [1.82, 2.24) is 10.2 Å². The third-order valence-corrected chi connectivity index (χ3v) is 3.00. The summed E-state index contributed by atoms with van der Waals surface area (Å²) in [6.45, 7) is 0. The SMILES string of the molecule is O=C(Nc1ccccc1)c1cc(-c2ccccc2F)n[nH]1. The van der Waals surface area contributed by atoms with E-state index >= 15 is 0 Å². The van der Waals surface area contributed by atoms with Gasteiger partial charge in [0.25, 0.3) is 5.91 Å². The van der Waals surface area contributed by atoms with Gasteiger partial charge in [-0.05, 0) is 30.3 Å². The Morgan fingerprint density at radius 1 is 1.05 bits per heavy atom. The monoisotopic (exact) mass is 281 g/mol. The zero-order chi connectivity index (χ0) is 14.7. The van der Waals surface area contributed by atoms with Gasteiger partial charge in [-0.1, -0.05) is 30.3 Å². The maximum atomic E-state index is 13.7. The molecule has 0 radical (unpaired) electrons. The predicted octanol–water partition coefficient (Wildman–Crippen LogP) is 3.47. The minimum Gasteiger partial charge on any atom is -0.321 e. The van der Waals surface area contributed by atoms with Gasteiger partial charge in [0.05, 0.1) is 5.69 Å². The van der Waals surface area contributed by atoms with E-state index in [1.807, 2.05) is 18.2 Å². The largest absolute Gasteiger partial charge is 0.321 e. The molecule has 0 aliphatic heterocycles. The summed E-state index contributed by atoms with van der Waals surface area (Å²) in [6.07, 6.45) is 0. The summed E-state index contributed by atoms with van der Waals surface area (Å²) >= 11 is 0. The Balaban J connectivity index is 1.82. The Hall–Kier alpha value is -2.95. The van der Waals surface area contributed by atoms with Crippen LogP contribution in [0.4, 0.5) is 10.1 Å². The number of aromatic amines is 1. The standard InChI is InChI=1S/C16H12FN3O/c17-13-9-5-4-8-12(13)14-10-15(20-19-14)16(21)18-11-6-2-1-3-7-11/h1-10H,(H,18,21)(H,19,20). The lowest BCUT2D eigenvalue weighted by molar-refractivity contribution is 0.102. The van der Waals surface area contributed by atoms with Gasteiger partial charge in [-0.25, -0.2) is 4.39 Å². The van der Waals surface area contributed by atoms with E-state index in [4.69, 9.17) is 0 Å². The van der Waals surface area contributed by atoms with Crippen LogP contribution >= 0.6 is 0 Å². The molecule has 2 N–H and O–H groups in total. The van der Waals surface area contributed by atoms with Gasteiger partial charge < -0.3 is 5.32 Å². The Labute approximate surface area is 120 Å². The van der Waals surface area contributed by atoms with Crippen LogP contribution in [0.3, 0.4) is 0 Å². The molecule has 1 aromatic heterocycles. The van der Waals surface area contributed by atoms with Crippen LogP contribution < -0.4 is 5.32 Å². The second kappa shape index (κ2) is 5.58. The molecule has 21 heavy (non-hydrogen) atoms. The van der Waals surface area contributed by atoms with Gasteiger partial charge in [0.15, 0.2) is 0 Å². The van der Waals surface area contributed by atoms with Gasteiger partial charge in [0, 0.05) is 11.3 Å². The molecule has 0 saturated carbocycles. The van der Waals surface area contributed by atoms with E-state index < -0.39 is 0 Å². The van der Waals surface area contributed by atoms with E-state index in [0.717, 1.165) is 0 Å². The number of benzene rings is 2. The van der Waals surface area contributed by atoms with E-state index in [0.29, 0.717) is 16.9 Å². The molecule has 5 heteroatoms. The fraction of sp³-hybridized carbons (Fsp3) is 0. The molecule has 0 aliphatic carbocycles. The summed E-state index contributed by atoms with van der Waals surface area (Å²) in [5.41, 5.74) is 1.71. The number of nitrogens with one attached hydrogen (secondary N) is 2. The van der Waals surface area contributed by atoms with Crippen LogP contribution in [0.5, 0.6) is 0 Å². The molecule has 0 atom stereocenters. The highest BCUT2D eigenvalue weighted by Crippen LogP contribution is 2.21. The summed E-state index contributed by atoms with van der Waals surface area (Å²) in [5, 5.41) is 9.34. The second-order valence-electron chi connectivity index (χ2n) is 4.47. The number of halogens is 1. The first-order chi connectivity index (χ1) is 10.2.